The summed E-state index contributed by atoms with van der Waals surface area (Å²) in [4.78, 5) is 0. The van der Waals surface area contributed by atoms with E-state index in [2.05, 4.69) is 5.32 Å². The van der Waals surface area contributed by atoms with E-state index in [1.165, 1.54) is 6.26 Å². The molecule has 1 N–H and O–H groups in total. The van der Waals surface area contributed by atoms with Crippen molar-refractivity contribution in [3.63, 3.8) is 0 Å². The molecule has 0 amide bonds. The number of para-hydroxylation sites is 1. The van der Waals surface area contributed by atoms with Crippen LogP contribution in [-0.4, -0.2) is 27.0 Å². The summed E-state index contributed by atoms with van der Waals surface area (Å²) in [5.74, 6) is 1.01. The summed E-state index contributed by atoms with van der Waals surface area (Å²) in [5, 5.41) is 4.29. The van der Waals surface area contributed by atoms with Crippen molar-refractivity contribution in [2.45, 2.75) is 19.9 Å². The fourth-order valence-corrected chi connectivity index (χ4v) is 2.65. The highest BCUT2D eigenvalue weighted by atomic mass is 32.2. The van der Waals surface area contributed by atoms with Crippen LogP contribution >= 0.6 is 0 Å². The van der Waals surface area contributed by atoms with Gasteiger partial charge in [0.15, 0.2) is 0 Å². The van der Waals surface area contributed by atoms with E-state index in [0.717, 1.165) is 22.3 Å². The van der Waals surface area contributed by atoms with E-state index >= 15 is 0 Å². The van der Waals surface area contributed by atoms with Crippen LogP contribution in [0, 0.1) is 6.92 Å². The Hall–Kier alpha value is -1.33. The van der Waals surface area contributed by atoms with Gasteiger partial charge in [-0.05, 0) is 25.5 Å². The van der Waals surface area contributed by atoms with Gasteiger partial charge in [0.1, 0.15) is 21.2 Å². The molecule has 1 aromatic heterocycles. The van der Waals surface area contributed by atoms with Crippen molar-refractivity contribution in [3.8, 4) is 0 Å². The van der Waals surface area contributed by atoms with Crippen LogP contribution in [0.4, 0.5) is 0 Å². The molecular formula is C14H19NO3S. The molecule has 1 unspecified atom stereocenters. The Morgan fingerprint density at radius 1 is 1.32 bits per heavy atom. The van der Waals surface area contributed by atoms with Crippen LogP contribution in [0.25, 0.3) is 11.0 Å². The summed E-state index contributed by atoms with van der Waals surface area (Å²) in [6, 6.07) is 7.89. The van der Waals surface area contributed by atoms with Crippen LogP contribution < -0.4 is 5.32 Å². The SMILES string of the molecule is Cc1c(C(C)NCCS(C)(=O)=O)oc2ccccc12. The normalized spacial score (nSPS) is 13.8. The van der Waals surface area contributed by atoms with Gasteiger partial charge < -0.3 is 9.73 Å². The minimum absolute atomic E-state index is 0.00542. The second kappa shape index (κ2) is 5.35. The first-order chi connectivity index (χ1) is 8.88. The fourth-order valence-electron chi connectivity index (χ4n) is 2.16. The highest BCUT2D eigenvalue weighted by Crippen LogP contribution is 2.28. The second-order valence-corrected chi connectivity index (χ2v) is 7.15. The third kappa shape index (κ3) is 3.36. The van der Waals surface area contributed by atoms with Crippen molar-refractivity contribution in [1.82, 2.24) is 5.32 Å². The molecule has 1 heterocycles. The first-order valence-electron chi connectivity index (χ1n) is 6.27. The fraction of sp³-hybridized carbons (Fsp3) is 0.429. The lowest BCUT2D eigenvalue weighted by molar-refractivity contribution is 0.455. The maximum Gasteiger partial charge on any atom is 0.148 e. The average Bonchev–Trinajstić information content (AvgIpc) is 2.66. The van der Waals surface area contributed by atoms with Gasteiger partial charge in [-0.15, -0.1) is 0 Å². The molecule has 0 aliphatic heterocycles. The summed E-state index contributed by atoms with van der Waals surface area (Å²) in [6.07, 6.45) is 1.24. The second-order valence-electron chi connectivity index (χ2n) is 4.89. The van der Waals surface area contributed by atoms with Gasteiger partial charge in [-0.25, -0.2) is 8.42 Å². The Labute approximate surface area is 113 Å². The maximum atomic E-state index is 11.1. The zero-order valence-electron chi connectivity index (χ0n) is 11.4. The Morgan fingerprint density at radius 2 is 2.00 bits per heavy atom. The number of furan rings is 1. The Bertz CT molecular complexity index is 673. The zero-order valence-corrected chi connectivity index (χ0v) is 12.3. The van der Waals surface area contributed by atoms with Crippen LogP contribution in [0.1, 0.15) is 24.3 Å². The third-order valence-electron chi connectivity index (χ3n) is 3.20. The number of aryl methyl sites for hydroxylation is 1. The molecule has 19 heavy (non-hydrogen) atoms. The van der Waals surface area contributed by atoms with Gasteiger partial charge in [0.05, 0.1) is 11.8 Å². The van der Waals surface area contributed by atoms with Crippen LogP contribution in [0.2, 0.25) is 0 Å². The number of sulfone groups is 1. The Kier molecular flexibility index (Phi) is 3.96. The van der Waals surface area contributed by atoms with E-state index in [1.54, 1.807) is 0 Å². The van der Waals surface area contributed by atoms with Gasteiger partial charge in [0.2, 0.25) is 0 Å². The van der Waals surface area contributed by atoms with E-state index < -0.39 is 9.84 Å². The molecule has 0 saturated heterocycles. The van der Waals surface area contributed by atoms with Crippen LogP contribution in [0.5, 0.6) is 0 Å². The van der Waals surface area contributed by atoms with Gasteiger partial charge in [-0.2, -0.15) is 0 Å². The van der Waals surface area contributed by atoms with Crippen molar-refractivity contribution in [3.05, 3.63) is 35.6 Å². The molecule has 0 aliphatic rings. The Balaban J connectivity index is 2.13. The monoisotopic (exact) mass is 281 g/mol. The van der Waals surface area contributed by atoms with Gasteiger partial charge in [0.25, 0.3) is 0 Å². The summed E-state index contributed by atoms with van der Waals surface area (Å²) in [7, 11) is -2.93. The van der Waals surface area contributed by atoms with Gasteiger partial charge in [-0.1, -0.05) is 18.2 Å². The molecule has 0 saturated carbocycles. The van der Waals surface area contributed by atoms with Gasteiger partial charge >= 0.3 is 0 Å². The van der Waals surface area contributed by atoms with E-state index in [-0.39, 0.29) is 11.8 Å². The minimum Gasteiger partial charge on any atom is -0.459 e. The molecule has 2 rings (SSSR count). The number of nitrogens with one attached hydrogen (secondary N) is 1. The van der Waals surface area contributed by atoms with Gasteiger partial charge in [0, 0.05) is 18.2 Å². The van der Waals surface area contributed by atoms with E-state index in [1.807, 2.05) is 38.1 Å². The molecule has 0 bridgehead atoms. The predicted octanol–water partition coefficient (Wildman–Crippen LogP) is 2.44. The predicted molar refractivity (Wildman–Crippen MR) is 77.1 cm³/mol. The lowest BCUT2D eigenvalue weighted by Gasteiger charge is -2.11. The van der Waals surface area contributed by atoms with Gasteiger partial charge in [-0.3, -0.25) is 0 Å². The molecule has 5 heteroatoms. The van der Waals surface area contributed by atoms with Crippen molar-refractivity contribution in [2.24, 2.45) is 0 Å². The number of rotatable bonds is 5. The molecule has 2 aromatic rings. The van der Waals surface area contributed by atoms with Crippen LogP contribution in [-0.2, 0) is 9.84 Å². The van der Waals surface area contributed by atoms with E-state index in [9.17, 15) is 8.42 Å². The number of fused-ring (bicyclic) bond motifs is 1. The standard InChI is InChI=1S/C14H19NO3S/c1-10-12-6-4-5-7-13(12)18-14(10)11(2)15-8-9-19(3,16)17/h4-7,11,15H,8-9H2,1-3H3. The van der Waals surface area contributed by atoms with E-state index in [0.29, 0.717) is 6.54 Å². The van der Waals surface area contributed by atoms with E-state index in [4.69, 9.17) is 4.42 Å². The molecule has 0 radical (unpaired) electrons. The molecule has 0 aliphatic carbocycles. The minimum atomic E-state index is -2.93. The molecule has 0 spiro atoms. The molecule has 104 valence electrons. The first-order valence-corrected chi connectivity index (χ1v) is 8.33. The first kappa shape index (κ1) is 14.1. The summed E-state index contributed by atoms with van der Waals surface area (Å²) in [5.41, 5.74) is 1.97. The summed E-state index contributed by atoms with van der Waals surface area (Å²) >= 11 is 0. The highest BCUT2D eigenvalue weighted by molar-refractivity contribution is 7.90. The molecular weight excluding hydrogens is 262 g/mol. The number of hydrogen-bond acceptors (Lipinski definition) is 4. The van der Waals surface area contributed by atoms with Crippen LogP contribution in [0.15, 0.2) is 28.7 Å². The lowest BCUT2D eigenvalue weighted by atomic mass is 10.1. The number of hydrogen-bond donors (Lipinski definition) is 1. The molecule has 4 nitrogen and oxygen atoms in total. The summed E-state index contributed by atoms with van der Waals surface area (Å²) in [6.45, 7) is 4.43. The topological polar surface area (TPSA) is 59.3 Å². The average molecular weight is 281 g/mol. The Morgan fingerprint density at radius 3 is 2.63 bits per heavy atom. The van der Waals surface area contributed by atoms with Crippen molar-refractivity contribution >= 4 is 20.8 Å². The number of benzene rings is 1. The molecule has 0 fully saturated rings. The molecule has 1 atom stereocenters. The lowest BCUT2D eigenvalue weighted by Crippen LogP contribution is -2.25. The molecule has 1 aromatic carbocycles. The zero-order chi connectivity index (χ0) is 14.0. The summed E-state index contributed by atoms with van der Waals surface area (Å²) < 4.78 is 28.0. The smallest absolute Gasteiger partial charge is 0.148 e. The maximum absolute atomic E-state index is 11.1. The largest absolute Gasteiger partial charge is 0.459 e. The quantitative estimate of drug-likeness (QED) is 0.914. The van der Waals surface area contributed by atoms with Crippen molar-refractivity contribution in [2.75, 3.05) is 18.6 Å². The van der Waals surface area contributed by atoms with Crippen LogP contribution in [0.3, 0.4) is 0 Å². The van der Waals surface area contributed by atoms with Crippen molar-refractivity contribution < 1.29 is 12.8 Å². The third-order valence-corrected chi connectivity index (χ3v) is 4.14. The highest BCUT2D eigenvalue weighted by Gasteiger charge is 2.16. The van der Waals surface area contributed by atoms with Crippen molar-refractivity contribution in [1.29, 1.82) is 0 Å².